The topological polar surface area (TPSA) is 29.5 Å². The quantitative estimate of drug-likeness (QED) is 0.849. The zero-order valence-electron chi connectivity index (χ0n) is 13.9. The molecule has 0 unspecified atom stereocenters. The van der Waals surface area contributed by atoms with E-state index in [-0.39, 0.29) is 23.2 Å². The number of benzene rings is 1. The Morgan fingerprint density at radius 3 is 2.91 bits per heavy atom. The van der Waals surface area contributed by atoms with Gasteiger partial charge in [0.15, 0.2) is 0 Å². The summed E-state index contributed by atoms with van der Waals surface area (Å²) in [4.78, 5) is 14.6. The van der Waals surface area contributed by atoms with Crippen LogP contribution in [0.3, 0.4) is 0 Å². The zero-order chi connectivity index (χ0) is 16.3. The van der Waals surface area contributed by atoms with Crippen LogP contribution in [0, 0.1) is 11.2 Å². The van der Waals surface area contributed by atoms with Crippen LogP contribution in [0.2, 0.25) is 0 Å². The zero-order valence-corrected chi connectivity index (χ0v) is 13.9. The van der Waals surface area contributed by atoms with Crippen molar-refractivity contribution in [3.05, 3.63) is 35.6 Å². The number of nitrogens with zero attached hydrogens (tertiary/aromatic N) is 1. The van der Waals surface area contributed by atoms with Gasteiger partial charge in [0, 0.05) is 32.0 Å². The van der Waals surface area contributed by atoms with Gasteiger partial charge in [-0.25, -0.2) is 4.39 Å². The number of halogens is 1. The monoisotopic (exact) mass is 319 g/mol. The van der Waals surface area contributed by atoms with Gasteiger partial charge in [-0.3, -0.25) is 4.79 Å². The van der Waals surface area contributed by atoms with E-state index in [4.69, 9.17) is 4.74 Å². The second-order valence-corrected chi connectivity index (χ2v) is 6.99. The van der Waals surface area contributed by atoms with E-state index in [1.54, 1.807) is 19.2 Å². The van der Waals surface area contributed by atoms with Gasteiger partial charge >= 0.3 is 0 Å². The molecule has 1 aromatic rings. The van der Waals surface area contributed by atoms with Crippen LogP contribution in [0.5, 0.6) is 0 Å². The van der Waals surface area contributed by atoms with Crippen LogP contribution in [-0.4, -0.2) is 37.1 Å². The fourth-order valence-electron chi connectivity index (χ4n) is 4.42. The van der Waals surface area contributed by atoms with E-state index in [1.165, 1.54) is 12.5 Å². The molecule has 0 aromatic heterocycles. The Labute approximate surface area is 137 Å². The number of hydrogen-bond donors (Lipinski definition) is 0. The lowest BCUT2D eigenvalue weighted by Crippen LogP contribution is -2.49. The summed E-state index contributed by atoms with van der Waals surface area (Å²) in [6, 6.07) is 6.72. The molecule has 0 radical (unpaired) electrons. The van der Waals surface area contributed by atoms with Crippen molar-refractivity contribution in [2.75, 3.05) is 20.2 Å². The lowest BCUT2D eigenvalue weighted by molar-refractivity contribution is -0.137. The fourth-order valence-corrected chi connectivity index (χ4v) is 4.42. The average Bonchev–Trinajstić information content (AvgIpc) is 2.95. The highest BCUT2D eigenvalue weighted by Crippen LogP contribution is 2.46. The molecule has 1 spiro atoms. The van der Waals surface area contributed by atoms with Crippen molar-refractivity contribution in [1.82, 2.24) is 4.90 Å². The fraction of sp³-hybridized carbons (Fsp3) is 0.632. The highest BCUT2D eigenvalue weighted by molar-refractivity contribution is 5.76. The maximum absolute atomic E-state index is 13.7. The van der Waals surface area contributed by atoms with Gasteiger partial charge in [0.05, 0.1) is 6.10 Å². The van der Waals surface area contributed by atoms with Crippen LogP contribution < -0.4 is 0 Å². The first-order valence-corrected chi connectivity index (χ1v) is 8.69. The molecule has 1 aromatic carbocycles. The molecule has 2 aliphatic rings. The van der Waals surface area contributed by atoms with Gasteiger partial charge in [0.2, 0.25) is 5.91 Å². The minimum absolute atomic E-state index is 0.147. The van der Waals surface area contributed by atoms with E-state index in [0.717, 1.165) is 38.8 Å². The van der Waals surface area contributed by atoms with Crippen LogP contribution in [0.15, 0.2) is 24.3 Å². The smallest absolute Gasteiger partial charge is 0.222 e. The van der Waals surface area contributed by atoms with E-state index < -0.39 is 0 Å². The minimum atomic E-state index is -0.217. The van der Waals surface area contributed by atoms with Crippen LogP contribution in [0.1, 0.15) is 44.1 Å². The highest BCUT2D eigenvalue weighted by atomic mass is 19.1. The lowest BCUT2D eigenvalue weighted by atomic mass is 9.76. The van der Waals surface area contributed by atoms with Crippen molar-refractivity contribution in [1.29, 1.82) is 0 Å². The number of aryl methyl sites for hydroxylation is 1. The Kier molecular flexibility index (Phi) is 5.00. The molecule has 1 saturated carbocycles. The van der Waals surface area contributed by atoms with Gasteiger partial charge < -0.3 is 9.64 Å². The van der Waals surface area contributed by atoms with E-state index in [0.29, 0.717) is 18.4 Å². The summed E-state index contributed by atoms with van der Waals surface area (Å²) in [7, 11) is 1.79. The molecule has 3 rings (SSSR count). The largest absolute Gasteiger partial charge is 0.381 e. The molecule has 126 valence electrons. The van der Waals surface area contributed by atoms with Crippen LogP contribution in [0.25, 0.3) is 0 Å². The molecule has 1 aliphatic carbocycles. The number of rotatable bonds is 4. The first-order valence-electron chi connectivity index (χ1n) is 8.69. The van der Waals surface area contributed by atoms with E-state index in [2.05, 4.69) is 0 Å². The predicted molar refractivity (Wildman–Crippen MR) is 87.6 cm³/mol. The first-order chi connectivity index (χ1) is 11.1. The standard InChI is InChI=1S/C19H26FNO2/c1-23-17-8-4-11-19(17)12-5-13-21(14-19)18(22)10-9-15-6-2-3-7-16(15)20/h2-3,6-7,17H,4-5,8-14H2,1H3/t17-,19+/m1/s1. The van der Waals surface area contributed by atoms with Gasteiger partial charge in [-0.1, -0.05) is 24.6 Å². The maximum Gasteiger partial charge on any atom is 0.222 e. The molecule has 4 heteroatoms. The Bertz CT molecular complexity index is 562. The van der Waals surface area contributed by atoms with Gasteiger partial charge in [0.25, 0.3) is 0 Å². The molecule has 1 aliphatic heterocycles. The van der Waals surface area contributed by atoms with Gasteiger partial charge in [-0.05, 0) is 43.7 Å². The molecular formula is C19H26FNO2. The summed E-state index contributed by atoms with van der Waals surface area (Å²) in [6.45, 7) is 1.63. The first kappa shape index (κ1) is 16.4. The summed E-state index contributed by atoms with van der Waals surface area (Å²) in [5, 5.41) is 0. The third-order valence-corrected chi connectivity index (χ3v) is 5.64. The Balaban J connectivity index is 1.60. The SMILES string of the molecule is CO[C@@H]1CCC[C@@]12CCCN(C(=O)CCc1ccccc1F)C2. The second kappa shape index (κ2) is 7.00. The summed E-state index contributed by atoms with van der Waals surface area (Å²) in [6.07, 6.45) is 6.79. The summed E-state index contributed by atoms with van der Waals surface area (Å²) in [5.41, 5.74) is 0.781. The molecule has 1 saturated heterocycles. The van der Waals surface area contributed by atoms with Crippen molar-refractivity contribution < 1.29 is 13.9 Å². The second-order valence-electron chi connectivity index (χ2n) is 6.99. The summed E-state index contributed by atoms with van der Waals surface area (Å²) < 4.78 is 19.4. The van der Waals surface area contributed by atoms with Crippen molar-refractivity contribution in [3.8, 4) is 0 Å². The third kappa shape index (κ3) is 3.42. The predicted octanol–water partition coefficient (Wildman–Crippen LogP) is 3.57. The number of ether oxygens (including phenoxy) is 1. The molecule has 23 heavy (non-hydrogen) atoms. The van der Waals surface area contributed by atoms with Crippen molar-refractivity contribution in [3.63, 3.8) is 0 Å². The van der Waals surface area contributed by atoms with E-state index in [1.807, 2.05) is 11.0 Å². The minimum Gasteiger partial charge on any atom is -0.381 e. The number of methoxy groups -OCH3 is 1. The molecule has 1 heterocycles. The number of carbonyl (C=O) groups excluding carboxylic acids is 1. The number of hydrogen-bond acceptors (Lipinski definition) is 2. The van der Waals surface area contributed by atoms with Crippen LogP contribution in [-0.2, 0) is 16.0 Å². The maximum atomic E-state index is 13.7. The van der Waals surface area contributed by atoms with Gasteiger partial charge in [-0.15, -0.1) is 0 Å². The van der Waals surface area contributed by atoms with Crippen molar-refractivity contribution in [2.24, 2.45) is 5.41 Å². The highest BCUT2D eigenvalue weighted by Gasteiger charge is 2.46. The molecule has 3 nitrogen and oxygen atoms in total. The van der Waals surface area contributed by atoms with Crippen LogP contribution >= 0.6 is 0 Å². The Morgan fingerprint density at radius 2 is 2.13 bits per heavy atom. The average molecular weight is 319 g/mol. The lowest BCUT2D eigenvalue weighted by Gasteiger charge is -2.43. The molecule has 1 amide bonds. The molecule has 0 N–H and O–H groups in total. The summed E-state index contributed by atoms with van der Waals surface area (Å²) in [5.74, 6) is -0.0697. The number of piperidine rings is 1. The summed E-state index contributed by atoms with van der Waals surface area (Å²) >= 11 is 0. The normalized spacial score (nSPS) is 27.6. The number of amides is 1. The van der Waals surface area contributed by atoms with Crippen LogP contribution in [0.4, 0.5) is 4.39 Å². The van der Waals surface area contributed by atoms with Gasteiger partial charge in [0.1, 0.15) is 5.82 Å². The molecular weight excluding hydrogens is 293 g/mol. The molecule has 0 bridgehead atoms. The third-order valence-electron chi connectivity index (χ3n) is 5.64. The number of carbonyl (C=O) groups is 1. The molecule has 2 atom stereocenters. The molecule has 2 fully saturated rings. The van der Waals surface area contributed by atoms with E-state index >= 15 is 0 Å². The van der Waals surface area contributed by atoms with E-state index in [9.17, 15) is 9.18 Å². The van der Waals surface area contributed by atoms with Crippen molar-refractivity contribution >= 4 is 5.91 Å². The van der Waals surface area contributed by atoms with Crippen molar-refractivity contribution in [2.45, 2.75) is 51.0 Å². The Morgan fingerprint density at radius 1 is 1.35 bits per heavy atom. The number of likely N-dealkylation sites (tertiary alicyclic amines) is 1. The Hall–Kier alpha value is -1.42. The van der Waals surface area contributed by atoms with Gasteiger partial charge in [-0.2, -0.15) is 0 Å².